The monoisotopic (exact) mass is 303 g/mol. The predicted molar refractivity (Wildman–Crippen MR) is 80.3 cm³/mol. The maximum absolute atomic E-state index is 12.0. The van der Waals surface area contributed by atoms with Crippen LogP contribution in [0.2, 0.25) is 0 Å². The van der Waals surface area contributed by atoms with E-state index in [0.717, 1.165) is 11.3 Å². The number of amides is 1. The molecule has 0 bridgehead atoms. The molecule has 21 heavy (non-hydrogen) atoms. The quantitative estimate of drug-likeness (QED) is 0.758. The van der Waals surface area contributed by atoms with Crippen molar-refractivity contribution in [1.29, 1.82) is 0 Å². The summed E-state index contributed by atoms with van der Waals surface area (Å²) in [7, 11) is 0. The molecular weight excluding hydrogens is 290 g/mol. The number of aryl methyl sites for hydroxylation is 1. The fourth-order valence-corrected chi connectivity index (χ4v) is 2.81. The average Bonchev–Trinajstić information content (AvgIpc) is 3.07. The van der Waals surface area contributed by atoms with Crippen LogP contribution in [-0.2, 0) is 6.54 Å². The molecule has 0 aliphatic carbocycles. The van der Waals surface area contributed by atoms with E-state index in [1.165, 1.54) is 15.9 Å². The van der Waals surface area contributed by atoms with E-state index in [0.29, 0.717) is 23.5 Å². The Morgan fingerprint density at radius 3 is 2.90 bits per heavy atom. The molecule has 8 heteroatoms. The lowest BCUT2D eigenvalue weighted by molar-refractivity contribution is 0.0997. The van der Waals surface area contributed by atoms with Crippen molar-refractivity contribution in [2.45, 2.75) is 19.9 Å². The van der Waals surface area contributed by atoms with Crippen molar-refractivity contribution in [3.05, 3.63) is 33.7 Å². The van der Waals surface area contributed by atoms with E-state index in [9.17, 15) is 9.59 Å². The summed E-state index contributed by atoms with van der Waals surface area (Å²) in [6.07, 6.45) is 0.775. The fraction of sp³-hybridized carbons (Fsp3) is 0.231. The van der Waals surface area contributed by atoms with Gasteiger partial charge in [-0.15, -0.1) is 11.3 Å². The summed E-state index contributed by atoms with van der Waals surface area (Å²) in [5, 5.41) is 1.89. The van der Waals surface area contributed by atoms with Gasteiger partial charge in [-0.05, 0) is 17.9 Å². The van der Waals surface area contributed by atoms with Gasteiger partial charge in [0.25, 0.3) is 5.91 Å². The Morgan fingerprint density at radius 2 is 2.29 bits per heavy atom. The number of nitrogens with two attached hydrogens (primary N) is 1. The van der Waals surface area contributed by atoms with Gasteiger partial charge in [0.1, 0.15) is 5.52 Å². The van der Waals surface area contributed by atoms with Gasteiger partial charge in [0.15, 0.2) is 17.2 Å². The van der Waals surface area contributed by atoms with E-state index in [1.54, 1.807) is 0 Å². The molecular formula is C13H13N5O2S. The van der Waals surface area contributed by atoms with Crippen LogP contribution >= 0.6 is 11.3 Å². The molecule has 0 aliphatic heterocycles. The number of nitrogens with zero attached hydrogens (tertiary/aromatic N) is 3. The summed E-state index contributed by atoms with van der Waals surface area (Å²) >= 11 is 1.46. The van der Waals surface area contributed by atoms with E-state index in [4.69, 9.17) is 5.73 Å². The number of H-pyrrole nitrogens is 1. The van der Waals surface area contributed by atoms with Gasteiger partial charge in [0, 0.05) is 6.54 Å². The first-order valence-corrected chi connectivity index (χ1v) is 7.34. The molecule has 108 valence electrons. The Balaban J connectivity index is 2.35. The van der Waals surface area contributed by atoms with E-state index in [1.807, 2.05) is 24.4 Å². The third-order valence-electron chi connectivity index (χ3n) is 3.04. The lowest BCUT2D eigenvalue weighted by Gasteiger charge is -2.04. The van der Waals surface area contributed by atoms with Gasteiger partial charge in [-0.1, -0.05) is 13.0 Å². The Labute approximate surface area is 123 Å². The molecule has 0 spiro atoms. The van der Waals surface area contributed by atoms with E-state index < -0.39 is 5.91 Å². The van der Waals surface area contributed by atoms with Gasteiger partial charge in [-0.25, -0.2) is 14.8 Å². The van der Waals surface area contributed by atoms with Crippen molar-refractivity contribution < 1.29 is 4.79 Å². The number of fused-ring (bicyclic) bond motifs is 1. The number of imidazole rings is 1. The molecule has 0 unspecified atom stereocenters. The SMILES string of the molecule is CCCn1c(=O)[nH]c2c(C(N)=O)nc(-c3cccs3)nc21. The summed E-state index contributed by atoms with van der Waals surface area (Å²) < 4.78 is 1.50. The number of aromatic amines is 1. The minimum atomic E-state index is -0.690. The Kier molecular flexibility index (Phi) is 3.30. The second-order valence-corrected chi connectivity index (χ2v) is 5.47. The van der Waals surface area contributed by atoms with Crippen molar-refractivity contribution in [3.63, 3.8) is 0 Å². The van der Waals surface area contributed by atoms with E-state index in [2.05, 4.69) is 15.0 Å². The predicted octanol–water partition coefficient (Wildman–Crippen LogP) is 1.36. The third kappa shape index (κ3) is 2.23. The van der Waals surface area contributed by atoms with Crippen LogP contribution in [0.15, 0.2) is 22.3 Å². The lowest BCUT2D eigenvalue weighted by atomic mass is 10.3. The molecule has 1 amide bonds. The number of aromatic nitrogens is 4. The molecule has 3 N–H and O–H groups in total. The number of hydrogen-bond acceptors (Lipinski definition) is 5. The summed E-state index contributed by atoms with van der Waals surface area (Å²) in [5.74, 6) is -0.291. The van der Waals surface area contributed by atoms with Crippen LogP contribution < -0.4 is 11.4 Å². The number of carbonyl (C=O) groups excluding carboxylic acids is 1. The van der Waals surface area contributed by atoms with Gasteiger partial charge in [-0.3, -0.25) is 9.36 Å². The van der Waals surface area contributed by atoms with Crippen molar-refractivity contribution in [2.75, 3.05) is 0 Å². The fourth-order valence-electron chi connectivity index (χ4n) is 2.16. The van der Waals surface area contributed by atoms with Gasteiger partial charge in [0.2, 0.25) is 0 Å². The maximum Gasteiger partial charge on any atom is 0.327 e. The Bertz CT molecular complexity index is 863. The van der Waals surface area contributed by atoms with Crippen LogP contribution in [0.3, 0.4) is 0 Å². The summed E-state index contributed by atoms with van der Waals surface area (Å²) in [5.41, 5.74) is 5.81. The minimum absolute atomic E-state index is 0.0374. The zero-order chi connectivity index (χ0) is 15.0. The lowest BCUT2D eigenvalue weighted by Crippen LogP contribution is -2.16. The first-order valence-electron chi connectivity index (χ1n) is 6.46. The maximum atomic E-state index is 12.0. The van der Waals surface area contributed by atoms with Crippen molar-refractivity contribution >= 4 is 28.4 Å². The molecule has 0 aliphatic rings. The molecule has 7 nitrogen and oxygen atoms in total. The number of rotatable bonds is 4. The first kappa shape index (κ1) is 13.5. The Hall–Kier alpha value is -2.48. The number of primary amides is 1. The second kappa shape index (κ2) is 5.13. The van der Waals surface area contributed by atoms with E-state index in [-0.39, 0.29) is 11.4 Å². The minimum Gasteiger partial charge on any atom is -0.364 e. The highest BCUT2D eigenvalue weighted by atomic mass is 32.1. The zero-order valence-corrected chi connectivity index (χ0v) is 12.1. The zero-order valence-electron chi connectivity index (χ0n) is 11.3. The number of thiophene rings is 1. The molecule has 0 aromatic carbocycles. The van der Waals surface area contributed by atoms with Gasteiger partial charge in [0.05, 0.1) is 4.88 Å². The van der Waals surface area contributed by atoms with Gasteiger partial charge < -0.3 is 10.7 Å². The summed E-state index contributed by atoms with van der Waals surface area (Å²) in [6.45, 7) is 2.47. The van der Waals surface area contributed by atoms with Crippen molar-refractivity contribution in [3.8, 4) is 10.7 Å². The largest absolute Gasteiger partial charge is 0.364 e. The van der Waals surface area contributed by atoms with Crippen LogP contribution in [0.5, 0.6) is 0 Å². The van der Waals surface area contributed by atoms with Crippen LogP contribution in [-0.4, -0.2) is 25.4 Å². The second-order valence-electron chi connectivity index (χ2n) is 4.52. The van der Waals surface area contributed by atoms with Gasteiger partial charge in [-0.2, -0.15) is 0 Å². The highest BCUT2D eigenvalue weighted by Gasteiger charge is 2.19. The third-order valence-corrected chi connectivity index (χ3v) is 3.91. The number of nitrogens with one attached hydrogen (secondary N) is 1. The van der Waals surface area contributed by atoms with Crippen molar-refractivity contribution in [2.24, 2.45) is 5.73 Å². The van der Waals surface area contributed by atoms with Crippen molar-refractivity contribution in [1.82, 2.24) is 19.5 Å². The summed E-state index contributed by atoms with van der Waals surface area (Å²) in [4.78, 5) is 35.7. The molecule has 0 saturated heterocycles. The molecule has 0 atom stereocenters. The van der Waals surface area contributed by atoms with Crippen LogP contribution in [0.1, 0.15) is 23.8 Å². The number of carbonyl (C=O) groups is 1. The highest BCUT2D eigenvalue weighted by molar-refractivity contribution is 7.13. The van der Waals surface area contributed by atoms with E-state index >= 15 is 0 Å². The molecule has 3 aromatic heterocycles. The Morgan fingerprint density at radius 1 is 1.48 bits per heavy atom. The molecule has 3 heterocycles. The normalized spacial score (nSPS) is 11.1. The smallest absolute Gasteiger partial charge is 0.327 e. The molecule has 3 aromatic rings. The van der Waals surface area contributed by atoms with Crippen LogP contribution in [0.4, 0.5) is 0 Å². The highest BCUT2D eigenvalue weighted by Crippen LogP contribution is 2.23. The van der Waals surface area contributed by atoms with Gasteiger partial charge >= 0.3 is 5.69 Å². The van der Waals surface area contributed by atoms with Crippen LogP contribution in [0.25, 0.3) is 21.9 Å². The van der Waals surface area contributed by atoms with Crippen LogP contribution in [0, 0.1) is 0 Å². The molecule has 0 fully saturated rings. The molecule has 3 rings (SSSR count). The molecule has 0 radical (unpaired) electrons. The first-order chi connectivity index (χ1) is 10.1. The average molecular weight is 303 g/mol. The topological polar surface area (TPSA) is 107 Å². The number of hydrogen-bond donors (Lipinski definition) is 2. The standard InChI is InChI=1S/C13H13N5O2S/c1-2-5-18-12-9(16-13(18)20)8(10(14)19)15-11(17-12)7-4-3-6-21-7/h3-4,6H,2,5H2,1H3,(H2,14,19)(H,16,20). The summed E-state index contributed by atoms with van der Waals surface area (Å²) in [6, 6.07) is 3.72. The molecule has 0 saturated carbocycles.